The van der Waals surface area contributed by atoms with Crippen molar-refractivity contribution < 1.29 is 4.42 Å². The molecule has 130 valence electrons. The number of piperidine rings is 1. The monoisotopic (exact) mass is 338 g/mol. The van der Waals surface area contributed by atoms with E-state index >= 15 is 0 Å². The fourth-order valence-electron chi connectivity index (χ4n) is 4.38. The average Bonchev–Trinajstić information content (AvgIpc) is 3.30. The van der Waals surface area contributed by atoms with Crippen LogP contribution in [0.3, 0.4) is 0 Å². The summed E-state index contributed by atoms with van der Waals surface area (Å²) in [5.74, 6) is 4.12. The molecule has 0 spiro atoms. The largest absolute Gasteiger partial charge is 0.461 e. The molecular weight excluding hydrogens is 316 g/mol. The number of nitrogen functional groups attached to an aromatic ring is 1. The molecule has 1 saturated heterocycles. The quantitative estimate of drug-likeness (QED) is 0.773. The minimum absolute atomic E-state index is 0.364. The van der Waals surface area contributed by atoms with Crippen LogP contribution in [0.15, 0.2) is 28.9 Å². The highest BCUT2D eigenvalue weighted by Gasteiger charge is 2.32. The molecule has 0 aromatic carbocycles. The predicted octanol–water partition coefficient (Wildman–Crippen LogP) is 2.98. The van der Waals surface area contributed by atoms with Gasteiger partial charge in [-0.3, -0.25) is 0 Å². The number of hydrogen-bond donors (Lipinski definition) is 1. The lowest BCUT2D eigenvalue weighted by atomic mass is 9.75. The fourth-order valence-corrected chi connectivity index (χ4v) is 4.38. The van der Waals surface area contributed by atoms with Gasteiger partial charge in [0.25, 0.3) is 0 Å². The van der Waals surface area contributed by atoms with Gasteiger partial charge in [0, 0.05) is 19.2 Å². The van der Waals surface area contributed by atoms with Crippen LogP contribution < -0.4 is 10.6 Å². The molecule has 2 N–H and O–H groups in total. The Balaban J connectivity index is 1.47. The summed E-state index contributed by atoms with van der Waals surface area (Å²) in [5, 5.41) is 4.41. The molecule has 5 rings (SSSR count). The van der Waals surface area contributed by atoms with E-state index in [0.29, 0.717) is 23.2 Å². The molecule has 7 heteroatoms. The maximum absolute atomic E-state index is 6.15. The van der Waals surface area contributed by atoms with Gasteiger partial charge in [-0.05, 0) is 36.8 Å². The molecule has 7 nitrogen and oxygen atoms in total. The fraction of sp³-hybridized carbons (Fsp3) is 0.500. The Hall–Kier alpha value is -2.57. The van der Waals surface area contributed by atoms with Crippen LogP contribution in [-0.2, 0) is 0 Å². The van der Waals surface area contributed by atoms with Gasteiger partial charge in [0.05, 0.1) is 6.26 Å². The Labute approximate surface area is 145 Å². The Morgan fingerprint density at radius 3 is 2.84 bits per heavy atom. The van der Waals surface area contributed by atoms with Crippen molar-refractivity contribution in [3.05, 3.63) is 24.5 Å². The number of nitrogens with two attached hydrogens (primary N) is 1. The van der Waals surface area contributed by atoms with Crippen molar-refractivity contribution in [2.45, 2.75) is 32.1 Å². The van der Waals surface area contributed by atoms with Gasteiger partial charge in [-0.1, -0.05) is 19.3 Å². The highest BCUT2D eigenvalue weighted by molar-refractivity contribution is 5.59. The van der Waals surface area contributed by atoms with Gasteiger partial charge < -0.3 is 15.1 Å². The number of hydrogen-bond acceptors (Lipinski definition) is 6. The average molecular weight is 338 g/mol. The minimum atomic E-state index is 0.364. The standard InChI is InChI=1S/C18H22N6O/c19-18-21-15(23-8-7-12-4-1-2-5-13(12)11-23)10-16-20-17(22-24(16)18)14-6-3-9-25-14/h3,6,9-10,12-13H,1-2,4-5,7-8,11H2,(H2,19,21)/t12-,13+/m0/s1. The van der Waals surface area contributed by atoms with Crippen molar-refractivity contribution in [2.24, 2.45) is 11.8 Å². The van der Waals surface area contributed by atoms with Crippen molar-refractivity contribution in [1.82, 2.24) is 19.6 Å². The maximum atomic E-state index is 6.15. The first-order valence-electron chi connectivity index (χ1n) is 9.10. The summed E-state index contributed by atoms with van der Waals surface area (Å²) in [6.07, 6.45) is 8.36. The summed E-state index contributed by atoms with van der Waals surface area (Å²) in [6.45, 7) is 2.12. The molecule has 25 heavy (non-hydrogen) atoms. The number of aromatic nitrogens is 4. The summed E-state index contributed by atoms with van der Waals surface area (Å²) in [6, 6.07) is 5.65. The minimum Gasteiger partial charge on any atom is -0.461 e. The number of fused-ring (bicyclic) bond motifs is 2. The molecule has 2 atom stereocenters. The van der Waals surface area contributed by atoms with Gasteiger partial charge in [0.15, 0.2) is 11.4 Å². The van der Waals surface area contributed by atoms with E-state index in [-0.39, 0.29) is 0 Å². The predicted molar refractivity (Wildman–Crippen MR) is 95.2 cm³/mol. The van der Waals surface area contributed by atoms with E-state index in [1.807, 2.05) is 18.2 Å². The van der Waals surface area contributed by atoms with Crippen LogP contribution >= 0.6 is 0 Å². The SMILES string of the molecule is Nc1nc(N2CC[C@@H]3CCCC[C@@H]3C2)cc2nc(-c3ccco3)nn12. The first-order chi connectivity index (χ1) is 12.3. The van der Waals surface area contributed by atoms with Crippen LogP contribution in [0.25, 0.3) is 17.2 Å². The van der Waals surface area contributed by atoms with Crippen LogP contribution in [0, 0.1) is 11.8 Å². The van der Waals surface area contributed by atoms with Gasteiger partial charge in [-0.25, -0.2) is 4.98 Å². The molecule has 2 fully saturated rings. The van der Waals surface area contributed by atoms with Crippen LogP contribution in [-0.4, -0.2) is 32.7 Å². The van der Waals surface area contributed by atoms with Gasteiger partial charge in [0.2, 0.25) is 11.8 Å². The highest BCUT2D eigenvalue weighted by atomic mass is 16.3. The smallest absolute Gasteiger partial charge is 0.225 e. The van der Waals surface area contributed by atoms with Crippen LogP contribution in [0.4, 0.5) is 11.8 Å². The van der Waals surface area contributed by atoms with Gasteiger partial charge in [-0.15, -0.1) is 5.10 Å². The Kier molecular flexibility index (Phi) is 3.39. The van der Waals surface area contributed by atoms with Crippen molar-refractivity contribution in [3.63, 3.8) is 0 Å². The molecule has 0 radical (unpaired) electrons. The van der Waals surface area contributed by atoms with E-state index in [1.165, 1.54) is 32.1 Å². The number of furan rings is 1. The molecule has 4 heterocycles. The molecule has 0 unspecified atom stereocenters. The van der Waals surface area contributed by atoms with E-state index in [9.17, 15) is 0 Å². The van der Waals surface area contributed by atoms with Crippen molar-refractivity contribution in [1.29, 1.82) is 0 Å². The van der Waals surface area contributed by atoms with Crippen molar-refractivity contribution in [3.8, 4) is 11.6 Å². The Bertz CT molecular complexity index is 886. The first-order valence-corrected chi connectivity index (χ1v) is 9.10. The van der Waals surface area contributed by atoms with E-state index in [1.54, 1.807) is 10.8 Å². The van der Waals surface area contributed by atoms with Gasteiger partial charge in [0.1, 0.15) is 5.82 Å². The van der Waals surface area contributed by atoms with Crippen molar-refractivity contribution in [2.75, 3.05) is 23.7 Å². The van der Waals surface area contributed by atoms with E-state index in [0.717, 1.165) is 30.7 Å². The molecule has 3 aromatic rings. The Morgan fingerprint density at radius 1 is 1.12 bits per heavy atom. The van der Waals surface area contributed by atoms with Crippen LogP contribution in [0.2, 0.25) is 0 Å². The third-order valence-electron chi connectivity index (χ3n) is 5.69. The number of rotatable bonds is 2. The lowest BCUT2D eigenvalue weighted by Gasteiger charge is -2.41. The molecule has 3 aromatic heterocycles. The molecule has 1 aliphatic carbocycles. The molecule has 2 aliphatic rings. The first kappa shape index (κ1) is 14.7. The molecule has 1 aliphatic heterocycles. The summed E-state index contributed by atoms with van der Waals surface area (Å²) >= 11 is 0. The second kappa shape index (κ2) is 5.75. The summed E-state index contributed by atoms with van der Waals surface area (Å²) in [5.41, 5.74) is 6.86. The zero-order chi connectivity index (χ0) is 16.8. The highest BCUT2D eigenvalue weighted by Crippen LogP contribution is 2.37. The number of anilines is 2. The Morgan fingerprint density at radius 2 is 2.00 bits per heavy atom. The number of nitrogens with zero attached hydrogens (tertiary/aromatic N) is 5. The summed E-state index contributed by atoms with van der Waals surface area (Å²) < 4.78 is 6.96. The summed E-state index contributed by atoms with van der Waals surface area (Å²) in [4.78, 5) is 11.5. The second-order valence-electron chi connectivity index (χ2n) is 7.19. The van der Waals surface area contributed by atoms with E-state index < -0.39 is 0 Å². The van der Waals surface area contributed by atoms with E-state index in [2.05, 4.69) is 20.0 Å². The molecule has 0 amide bonds. The van der Waals surface area contributed by atoms with Crippen LogP contribution in [0.5, 0.6) is 0 Å². The van der Waals surface area contributed by atoms with Crippen molar-refractivity contribution >= 4 is 17.4 Å². The maximum Gasteiger partial charge on any atom is 0.225 e. The zero-order valence-corrected chi connectivity index (χ0v) is 14.1. The molecule has 1 saturated carbocycles. The molecule has 0 bridgehead atoms. The van der Waals surface area contributed by atoms with Crippen LogP contribution in [0.1, 0.15) is 32.1 Å². The molecular formula is C18H22N6O. The normalized spacial score (nSPS) is 23.8. The third kappa shape index (κ3) is 2.54. The lowest BCUT2D eigenvalue weighted by molar-refractivity contribution is 0.202. The topological polar surface area (TPSA) is 85.5 Å². The summed E-state index contributed by atoms with van der Waals surface area (Å²) in [7, 11) is 0. The van der Waals surface area contributed by atoms with Gasteiger partial charge in [-0.2, -0.15) is 9.50 Å². The second-order valence-corrected chi connectivity index (χ2v) is 7.19. The zero-order valence-electron chi connectivity index (χ0n) is 14.1. The van der Waals surface area contributed by atoms with Gasteiger partial charge >= 0.3 is 0 Å². The third-order valence-corrected chi connectivity index (χ3v) is 5.69. The van der Waals surface area contributed by atoms with E-state index in [4.69, 9.17) is 10.2 Å². The lowest BCUT2D eigenvalue weighted by Crippen LogP contribution is -2.42.